The van der Waals surface area contributed by atoms with Gasteiger partial charge in [-0.1, -0.05) is 0 Å². The number of benzene rings is 1. The van der Waals surface area contributed by atoms with Crippen molar-refractivity contribution in [3.8, 4) is 5.75 Å². The van der Waals surface area contributed by atoms with E-state index in [9.17, 15) is 36.8 Å². The van der Waals surface area contributed by atoms with Gasteiger partial charge in [-0.15, -0.1) is 0 Å². The molecule has 0 amide bonds. The third-order valence-electron chi connectivity index (χ3n) is 4.06. The molecule has 0 unspecified atom stereocenters. The molecule has 2 rings (SSSR count). The molecule has 1 heterocycles. The molecule has 140 valence electrons. The monoisotopic (exact) mass is 384 g/mol. The molecular formula is C13H15F3N2O6S. The van der Waals surface area contributed by atoms with Gasteiger partial charge in [0.05, 0.1) is 18.1 Å². The number of rotatable bonds is 4. The van der Waals surface area contributed by atoms with Crippen LogP contribution in [0.5, 0.6) is 5.75 Å². The second kappa shape index (κ2) is 6.42. The highest BCUT2D eigenvalue weighted by atomic mass is 32.2. The molecule has 1 aliphatic heterocycles. The van der Waals surface area contributed by atoms with E-state index in [1.54, 1.807) is 0 Å². The van der Waals surface area contributed by atoms with Crippen molar-refractivity contribution in [2.24, 2.45) is 0 Å². The largest absolute Gasteiger partial charge is 0.497 e. The fraction of sp³-hybridized carbons (Fsp3) is 0.538. The maximum atomic E-state index is 12.8. The average Bonchev–Trinajstić information content (AvgIpc) is 2.53. The summed E-state index contributed by atoms with van der Waals surface area (Å²) in [5.74, 6) is 0.0655. The number of hydrogen-bond acceptors (Lipinski definition) is 6. The number of sulfonamides is 1. The SMILES string of the molecule is COc1ccc(S(=O)(=O)N2CCC(O)(C(F)(F)F)CC2)c([N+](=O)[O-])c1. The Labute approximate surface area is 141 Å². The second-order valence-electron chi connectivity index (χ2n) is 5.52. The van der Waals surface area contributed by atoms with E-state index < -0.39 is 63.2 Å². The summed E-state index contributed by atoms with van der Waals surface area (Å²) in [6.07, 6.45) is -6.58. The van der Waals surface area contributed by atoms with E-state index >= 15 is 0 Å². The molecule has 0 spiro atoms. The smallest absolute Gasteiger partial charge is 0.417 e. The molecule has 1 aliphatic rings. The standard InChI is InChI=1S/C13H15F3N2O6S/c1-24-9-2-3-11(10(8-9)18(20)21)25(22,23)17-6-4-12(19,5-7-17)13(14,15)16/h2-3,8,19H,4-7H2,1H3. The molecule has 0 aliphatic carbocycles. The van der Waals surface area contributed by atoms with Crippen molar-refractivity contribution in [2.75, 3.05) is 20.2 Å². The molecule has 12 heteroatoms. The Morgan fingerprint density at radius 1 is 1.32 bits per heavy atom. The Hall–Kier alpha value is -1.92. The molecule has 8 nitrogen and oxygen atoms in total. The van der Waals surface area contributed by atoms with Gasteiger partial charge in [0.1, 0.15) is 5.75 Å². The minimum Gasteiger partial charge on any atom is -0.497 e. The van der Waals surface area contributed by atoms with Crippen LogP contribution in [0.4, 0.5) is 18.9 Å². The van der Waals surface area contributed by atoms with Crippen molar-refractivity contribution < 1.29 is 36.4 Å². The fourth-order valence-electron chi connectivity index (χ4n) is 2.50. The summed E-state index contributed by atoms with van der Waals surface area (Å²) in [5, 5.41) is 20.7. The van der Waals surface area contributed by atoms with Gasteiger partial charge in [-0.25, -0.2) is 8.42 Å². The fourth-order valence-corrected chi connectivity index (χ4v) is 4.08. The van der Waals surface area contributed by atoms with E-state index in [1.165, 1.54) is 13.2 Å². The third-order valence-corrected chi connectivity index (χ3v) is 6.00. The van der Waals surface area contributed by atoms with E-state index in [1.807, 2.05) is 0 Å². The first-order chi connectivity index (χ1) is 11.4. The summed E-state index contributed by atoms with van der Waals surface area (Å²) in [7, 11) is -3.15. The molecule has 1 fully saturated rings. The van der Waals surface area contributed by atoms with Crippen LogP contribution in [0.15, 0.2) is 23.1 Å². The van der Waals surface area contributed by atoms with Gasteiger partial charge in [-0.3, -0.25) is 10.1 Å². The lowest BCUT2D eigenvalue weighted by atomic mass is 9.92. The minimum absolute atomic E-state index is 0.0655. The summed E-state index contributed by atoms with van der Waals surface area (Å²) in [6.45, 7) is -1.22. The van der Waals surface area contributed by atoms with Gasteiger partial charge in [-0.05, 0) is 25.0 Å². The molecule has 25 heavy (non-hydrogen) atoms. The zero-order valence-electron chi connectivity index (χ0n) is 13.0. The summed E-state index contributed by atoms with van der Waals surface area (Å²) < 4.78 is 69.1. The summed E-state index contributed by atoms with van der Waals surface area (Å²) >= 11 is 0. The number of nitro benzene ring substituents is 1. The Balaban J connectivity index is 2.34. The lowest BCUT2D eigenvalue weighted by molar-refractivity contribution is -0.387. The van der Waals surface area contributed by atoms with Gasteiger partial charge in [0.2, 0.25) is 10.0 Å². The molecule has 1 aromatic rings. The van der Waals surface area contributed by atoms with E-state index in [-0.39, 0.29) is 5.75 Å². The van der Waals surface area contributed by atoms with Gasteiger partial charge < -0.3 is 9.84 Å². The molecule has 1 saturated heterocycles. The van der Waals surface area contributed by atoms with Gasteiger partial charge in [0, 0.05) is 13.1 Å². The molecule has 1 N–H and O–H groups in total. The molecule has 0 saturated carbocycles. The van der Waals surface area contributed by atoms with Gasteiger partial charge in [0.15, 0.2) is 10.5 Å². The Bertz CT molecular complexity index is 772. The van der Waals surface area contributed by atoms with Crippen molar-refractivity contribution in [1.82, 2.24) is 4.31 Å². The number of nitrogens with zero attached hydrogens (tertiary/aromatic N) is 2. The maximum absolute atomic E-state index is 12.8. The van der Waals surface area contributed by atoms with Crippen LogP contribution in [0.3, 0.4) is 0 Å². The third kappa shape index (κ3) is 3.55. The maximum Gasteiger partial charge on any atom is 0.417 e. The van der Waals surface area contributed by atoms with E-state index in [4.69, 9.17) is 4.74 Å². The van der Waals surface area contributed by atoms with E-state index in [0.29, 0.717) is 4.31 Å². The summed E-state index contributed by atoms with van der Waals surface area (Å²) in [6, 6.07) is 3.09. The van der Waals surface area contributed by atoms with Crippen molar-refractivity contribution in [2.45, 2.75) is 29.5 Å². The zero-order chi connectivity index (χ0) is 19.0. The number of methoxy groups -OCH3 is 1. The lowest BCUT2D eigenvalue weighted by Gasteiger charge is -2.38. The number of alkyl halides is 3. The highest BCUT2D eigenvalue weighted by Crippen LogP contribution is 2.40. The quantitative estimate of drug-likeness (QED) is 0.625. The number of piperidine rings is 1. The summed E-state index contributed by atoms with van der Waals surface area (Å²) in [4.78, 5) is 9.58. The van der Waals surface area contributed by atoms with Crippen molar-refractivity contribution >= 4 is 15.7 Å². The lowest BCUT2D eigenvalue weighted by Crippen LogP contribution is -2.54. The van der Waals surface area contributed by atoms with Crippen LogP contribution in [0.2, 0.25) is 0 Å². The van der Waals surface area contributed by atoms with Crippen molar-refractivity contribution in [3.05, 3.63) is 28.3 Å². The van der Waals surface area contributed by atoms with Crippen molar-refractivity contribution in [3.63, 3.8) is 0 Å². The van der Waals surface area contributed by atoms with Crippen LogP contribution in [0.25, 0.3) is 0 Å². The van der Waals surface area contributed by atoms with Crippen LogP contribution in [0.1, 0.15) is 12.8 Å². The Morgan fingerprint density at radius 3 is 2.32 bits per heavy atom. The Morgan fingerprint density at radius 2 is 1.88 bits per heavy atom. The van der Waals surface area contributed by atoms with Crippen LogP contribution in [0, 0.1) is 10.1 Å². The Kier molecular flexibility index (Phi) is 4.99. The number of nitro groups is 1. The highest BCUT2D eigenvalue weighted by Gasteiger charge is 2.55. The number of halogens is 3. The minimum atomic E-state index is -4.88. The number of aliphatic hydroxyl groups is 1. The zero-order valence-corrected chi connectivity index (χ0v) is 13.8. The first-order valence-electron chi connectivity index (χ1n) is 7.04. The first-order valence-corrected chi connectivity index (χ1v) is 8.48. The van der Waals surface area contributed by atoms with Crippen molar-refractivity contribution in [1.29, 1.82) is 0 Å². The number of ether oxygens (including phenoxy) is 1. The van der Waals surface area contributed by atoms with Crippen LogP contribution in [-0.4, -0.2) is 54.7 Å². The van der Waals surface area contributed by atoms with Gasteiger partial charge in [0.25, 0.3) is 5.69 Å². The van der Waals surface area contributed by atoms with Gasteiger partial charge >= 0.3 is 6.18 Å². The number of hydrogen-bond donors (Lipinski definition) is 1. The predicted molar refractivity (Wildman–Crippen MR) is 78.6 cm³/mol. The molecule has 0 radical (unpaired) electrons. The second-order valence-corrected chi connectivity index (χ2v) is 7.43. The molecule has 0 atom stereocenters. The average molecular weight is 384 g/mol. The normalized spacial score (nSPS) is 18.8. The molecule has 0 bridgehead atoms. The van der Waals surface area contributed by atoms with Crippen LogP contribution in [-0.2, 0) is 10.0 Å². The molecule has 1 aromatic carbocycles. The molecular weight excluding hydrogens is 369 g/mol. The predicted octanol–water partition coefficient (Wildman–Crippen LogP) is 1.68. The van der Waals surface area contributed by atoms with E-state index in [0.717, 1.165) is 12.1 Å². The highest BCUT2D eigenvalue weighted by molar-refractivity contribution is 7.89. The topological polar surface area (TPSA) is 110 Å². The van der Waals surface area contributed by atoms with E-state index in [2.05, 4.69) is 0 Å². The van der Waals surface area contributed by atoms with Crippen LogP contribution < -0.4 is 4.74 Å². The molecule has 0 aromatic heterocycles. The first kappa shape index (κ1) is 19.4. The van der Waals surface area contributed by atoms with Gasteiger partial charge in [-0.2, -0.15) is 17.5 Å². The summed E-state index contributed by atoms with van der Waals surface area (Å²) in [5.41, 5.74) is -3.71. The van der Waals surface area contributed by atoms with Crippen LogP contribution >= 0.6 is 0 Å².